The number of amides is 1. The Kier molecular flexibility index (Phi) is 7.40. The zero-order chi connectivity index (χ0) is 24.0. The van der Waals surface area contributed by atoms with Crippen molar-refractivity contribution in [2.45, 2.75) is 25.8 Å². The predicted molar refractivity (Wildman–Crippen MR) is 120 cm³/mol. The third kappa shape index (κ3) is 6.39. The van der Waals surface area contributed by atoms with Gasteiger partial charge in [0.2, 0.25) is 5.76 Å². The molecule has 0 saturated carbocycles. The summed E-state index contributed by atoms with van der Waals surface area (Å²) in [6.07, 6.45) is 0.464. The molecule has 2 atom stereocenters. The van der Waals surface area contributed by atoms with E-state index in [1.165, 1.54) is 6.92 Å². The van der Waals surface area contributed by atoms with Crippen molar-refractivity contribution in [3.05, 3.63) is 94.0 Å². The maximum absolute atomic E-state index is 12.7. The number of aromatic carboxylic acids is 1. The fourth-order valence-corrected chi connectivity index (χ4v) is 3.42. The molecule has 0 aliphatic carbocycles. The highest BCUT2D eigenvalue weighted by Gasteiger charge is 2.23. The van der Waals surface area contributed by atoms with Crippen molar-refractivity contribution < 1.29 is 29.0 Å². The molecular weight excluding hydrogens is 426 g/mol. The molecule has 33 heavy (non-hydrogen) atoms. The normalized spacial score (nSPS) is 12.5. The number of benzene rings is 2. The highest BCUT2D eigenvalue weighted by molar-refractivity contribution is 5.92. The van der Waals surface area contributed by atoms with Gasteiger partial charge in [-0.3, -0.25) is 14.4 Å². The number of carbonyl (C=O) groups excluding carboxylic acids is 1. The lowest BCUT2D eigenvalue weighted by molar-refractivity contribution is -0.141. The van der Waals surface area contributed by atoms with Crippen LogP contribution in [0, 0.1) is 5.92 Å². The van der Waals surface area contributed by atoms with Crippen molar-refractivity contribution in [2.24, 2.45) is 5.92 Å². The van der Waals surface area contributed by atoms with E-state index in [2.05, 4.69) is 5.32 Å². The van der Waals surface area contributed by atoms with Crippen molar-refractivity contribution in [2.75, 3.05) is 0 Å². The Morgan fingerprint density at radius 2 is 1.52 bits per heavy atom. The second kappa shape index (κ2) is 10.4. The van der Waals surface area contributed by atoms with Crippen molar-refractivity contribution >= 4 is 17.8 Å². The molecule has 2 aromatic carbocycles. The largest absolute Gasteiger partial charge is 0.481 e. The van der Waals surface area contributed by atoms with Crippen molar-refractivity contribution in [1.29, 1.82) is 0 Å². The Balaban J connectivity index is 1.80. The molecule has 0 spiro atoms. The zero-order valence-electron chi connectivity index (χ0n) is 17.9. The smallest absolute Gasteiger partial charge is 0.371 e. The van der Waals surface area contributed by atoms with Gasteiger partial charge in [-0.15, -0.1) is 0 Å². The summed E-state index contributed by atoms with van der Waals surface area (Å²) in [6.45, 7) is 1.53. The third-order valence-electron chi connectivity index (χ3n) is 5.14. The number of nitrogens with one attached hydrogen (secondary N) is 1. The Hall–Kier alpha value is -4.20. The summed E-state index contributed by atoms with van der Waals surface area (Å²) in [4.78, 5) is 46.9. The van der Waals surface area contributed by atoms with Crippen LogP contribution in [0.2, 0.25) is 0 Å². The van der Waals surface area contributed by atoms with Gasteiger partial charge in [0, 0.05) is 18.2 Å². The Morgan fingerprint density at radius 1 is 0.909 bits per heavy atom. The van der Waals surface area contributed by atoms with Gasteiger partial charge in [-0.1, -0.05) is 61.5 Å². The first-order chi connectivity index (χ1) is 15.7. The topological polar surface area (TPSA) is 134 Å². The molecular formula is C25H23NO7. The van der Waals surface area contributed by atoms with Crippen molar-refractivity contribution in [1.82, 2.24) is 5.32 Å². The van der Waals surface area contributed by atoms with Crippen molar-refractivity contribution in [3.63, 3.8) is 0 Å². The summed E-state index contributed by atoms with van der Waals surface area (Å²) >= 11 is 0. The van der Waals surface area contributed by atoms with Crippen LogP contribution in [0.5, 0.6) is 0 Å². The number of hydrogen-bond acceptors (Lipinski definition) is 5. The lowest BCUT2D eigenvalue weighted by Crippen LogP contribution is -2.39. The molecule has 1 aromatic heterocycles. The van der Waals surface area contributed by atoms with E-state index < -0.39 is 46.8 Å². The average Bonchev–Trinajstić information content (AvgIpc) is 2.79. The van der Waals surface area contributed by atoms with E-state index in [9.17, 15) is 24.3 Å². The fourth-order valence-electron chi connectivity index (χ4n) is 3.42. The molecule has 1 heterocycles. The van der Waals surface area contributed by atoms with Crippen LogP contribution in [0.25, 0.3) is 11.1 Å². The van der Waals surface area contributed by atoms with Gasteiger partial charge in [0.05, 0.1) is 5.92 Å². The van der Waals surface area contributed by atoms with Crippen LogP contribution in [-0.2, 0) is 11.2 Å². The number of carboxylic acid groups (broad SMARTS) is 2. The number of aliphatic carboxylic acids is 1. The Morgan fingerprint density at radius 3 is 2.12 bits per heavy atom. The lowest BCUT2D eigenvalue weighted by atomic mass is 9.95. The maximum Gasteiger partial charge on any atom is 0.371 e. The Bertz CT molecular complexity index is 1200. The summed E-state index contributed by atoms with van der Waals surface area (Å²) < 4.78 is 5.02. The average molecular weight is 449 g/mol. The van der Waals surface area contributed by atoms with Gasteiger partial charge >= 0.3 is 11.9 Å². The molecule has 0 saturated heterocycles. The molecule has 3 N–H and O–H groups in total. The fraction of sp³-hybridized carbons (Fsp3) is 0.200. The van der Waals surface area contributed by atoms with Crippen LogP contribution in [0.1, 0.15) is 40.0 Å². The third-order valence-corrected chi connectivity index (χ3v) is 5.14. The first-order valence-electron chi connectivity index (χ1n) is 10.3. The highest BCUT2D eigenvalue weighted by atomic mass is 16.4. The van der Waals surface area contributed by atoms with Gasteiger partial charge in [0.15, 0.2) is 11.2 Å². The summed E-state index contributed by atoms with van der Waals surface area (Å²) in [7, 11) is 0. The molecule has 0 aliphatic heterocycles. The van der Waals surface area contributed by atoms with Crippen molar-refractivity contribution in [3.8, 4) is 11.1 Å². The van der Waals surface area contributed by atoms with Gasteiger partial charge in [-0.25, -0.2) is 4.79 Å². The second-order valence-electron chi connectivity index (χ2n) is 7.74. The monoisotopic (exact) mass is 449 g/mol. The maximum atomic E-state index is 12.7. The summed E-state index contributed by atoms with van der Waals surface area (Å²) in [6, 6.07) is 18.6. The number of rotatable bonds is 9. The molecule has 8 nitrogen and oxygen atoms in total. The molecule has 0 radical (unpaired) electrons. The molecule has 8 heteroatoms. The van der Waals surface area contributed by atoms with E-state index in [1.807, 2.05) is 54.6 Å². The van der Waals surface area contributed by atoms with Crippen LogP contribution in [0.3, 0.4) is 0 Å². The molecule has 1 amide bonds. The van der Waals surface area contributed by atoms with E-state index in [-0.39, 0.29) is 6.42 Å². The minimum atomic E-state index is -1.48. The van der Waals surface area contributed by atoms with E-state index in [4.69, 9.17) is 9.52 Å². The quantitative estimate of drug-likeness (QED) is 0.455. The predicted octanol–water partition coefficient (Wildman–Crippen LogP) is 3.46. The first-order valence-corrected chi connectivity index (χ1v) is 10.3. The van der Waals surface area contributed by atoms with Gasteiger partial charge in [0.25, 0.3) is 5.91 Å². The molecule has 1 unspecified atom stereocenters. The highest BCUT2D eigenvalue weighted by Crippen LogP contribution is 2.21. The van der Waals surface area contributed by atoms with E-state index in [1.54, 1.807) is 0 Å². The molecule has 0 bridgehead atoms. The lowest BCUT2D eigenvalue weighted by Gasteiger charge is -2.21. The van der Waals surface area contributed by atoms with Gasteiger partial charge in [-0.05, 0) is 29.5 Å². The van der Waals surface area contributed by atoms with E-state index >= 15 is 0 Å². The summed E-state index contributed by atoms with van der Waals surface area (Å²) in [5, 5.41) is 21.0. The van der Waals surface area contributed by atoms with Crippen LogP contribution in [0.4, 0.5) is 0 Å². The van der Waals surface area contributed by atoms with Gasteiger partial charge in [0.1, 0.15) is 0 Å². The number of carboxylic acids is 2. The second-order valence-corrected chi connectivity index (χ2v) is 7.74. The molecule has 170 valence electrons. The standard InChI is InChI=1S/C25H23NO7/c1-15(24(29)30)11-19(26-23(28)21-13-20(27)14-22(33-21)25(31)32)12-16-7-9-18(10-8-16)17-5-3-2-4-6-17/h2-10,13-15,19H,11-12H2,1H3,(H,26,28)(H,29,30)(H,31,32)/t15-,19?/m1/s1. The van der Waals surface area contributed by atoms with E-state index in [0.717, 1.165) is 28.8 Å². The molecule has 0 fully saturated rings. The van der Waals surface area contributed by atoms with Crippen LogP contribution in [-0.4, -0.2) is 34.1 Å². The molecule has 3 rings (SSSR count). The minimum Gasteiger partial charge on any atom is -0.481 e. The number of hydrogen-bond donors (Lipinski definition) is 3. The first kappa shape index (κ1) is 23.5. The Labute approximate surface area is 189 Å². The molecule has 3 aromatic rings. The summed E-state index contributed by atoms with van der Waals surface area (Å²) in [5.41, 5.74) is 2.27. The van der Waals surface area contributed by atoms with Crippen LogP contribution < -0.4 is 10.7 Å². The number of carbonyl (C=O) groups is 3. The molecule has 0 aliphatic rings. The van der Waals surface area contributed by atoms with Gasteiger partial charge < -0.3 is 19.9 Å². The van der Waals surface area contributed by atoms with Crippen LogP contribution in [0.15, 0.2) is 75.9 Å². The SMILES string of the molecule is C[C@H](CC(Cc1ccc(-c2ccccc2)cc1)NC(=O)c1cc(=O)cc(C(=O)O)o1)C(=O)O. The van der Waals surface area contributed by atoms with Gasteiger partial charge in [-0.2, -0.15) is 0 Å². The van der Waals surface area contributed by atoms with Crippen LogP contribution >= 0.6 is 0 Å². The van der Waals surface area contributed by atoms with E-state index in [0.29, 0.717) is 6.42 Å². The summed E-state index contributed by atoms with van der Waals surface area (Å²) in [5.74, 6) is -5.12. The minimum absolute atomic E-state index is 0.129. The zero-order valence-corrected chi connectivity index (χ0v) is 17.9.